The van der Waals surface area contributed by atoms with Crippen LogP contribution in [0.25, 0.3) is 0 Å². The van der Waals surface area contributed by atoms with E-state index in [1.54, 1.807) is 0 Å². The van der Waals surface area contributed by atoms with Crippen molar-refractivity contribution in [1.29, 1.82) is 0 Å². The summed E-state index contributed by atoms with van der Waals surface area (Å²) in [6.45, 7) is -0.513. The molecule has 5 nitrogen and oxygen atoms in total. The maximum atomic E-state index is 9.86. The molecule has 0 heterocycles. The van der Waals surface area contributed by atoms with E-state index in [4.69, 9.17) is 21.6 Å². The number of hydrogen-bond donors (Lipinski definition) is 2. The molecule has 0 aliphatic rings. The zero-order chi connectivity index (χ0) is 8.20. The summed E-state index contributed by atoms with van der Waals surface area (Å²) in [6, 6.07) is 0. The smallest absolute Gasteiger partial charge is 0.756 e. The quantitative estimate of drug-likeness (QED) is 0.282. The van der Waals surface area contributed by atoms with Crippen molar-refractivity contribution in [3.8, 4) is 0 Å². The monoisotopic (exact) mass is 212 g/mol. The van der Waals surface area contributed by atoms with E-state index in [1.807, 2.05) is 0 Å². The second-order valence-corrected chi connectivity index (χ2v) is 3.08. The molecule has 0 aromatic heterocycles. The predicted molar refractivity (Wildman–Crippen MR) is 32.5 cm³/mol. The molecule has 0 saturated heterocycles. The molecule has 11 heavy (non-hydrogen) atoms. The van der Waals surface area contributed by atoms with Crippen molar-refractivity contribution in [2.24, 2.45) is 0 Å². The van der Waals surface area contributed by atoms with Gasteiger partial charge in [-0.25, -0.2) is 0 Å². The van der Waals surface area contributed by atoms with E-state index in [2.05, 4.69) is 4.52 Å². The summed E-state index contributed by atoms with van der Waals surface area (Å²) in [5.41, 5.74) is 0. The van der Waals surface area contributed by atoms with Gasteiger partial charge in [0.15, 0.2) is 0 Å². The summed E-state index contributed by atoms with van der Waals surface area (Å²) in [5.74, 6) is -0.139. The molecule has 62 valence electrons. The van der Waals surface area contributed by atoms with Crippen molar-refractivity contribution >= 4 is 19.4 Å². The van der Waals surface area contributed by atoms with Gasteiger partial charge < -0.3 is 19.4 Å². The summed E-state index contributed by atoms with van der Waals surface area (Å²) in [5, 5.41) is 8.59. The third kappa shape index (κ3) is 11.4. The molecule has 2 N–H and O–H groups in total. The van der Waals surface area contributed by atoms with Crippen LogP contribution in [0.5, 0.6) is 0 Å². The molecule has 0 radical (unpaired) electrons. The summed E-state index contributed by atoms with van der Waals surface area (Å²) >= 11 is 5.08. The average Bonchev–Trinajstić information content (AvgIpc) is 1.81. The number of rotatable bonds is 4. The van der Waals surface area contributed by atoms with Crippen LogP contribution in [0.2, 0.25) is 0 Å². The van der Waals surface area contributed by atoms with E-state index >= 15 is 0 Å². The standard InChI is InChI=1S/C3H8ClO5P.Na/c4-1-3(5)2-9-10(6,7)8;/h3,5H,1-2H2,(H2,6,7,8);/q;+1/p-1. The van der Waals surface area contributed by atoms with E-state index in [0.717, 1.165) is 0 Å². The molecule has 0 aromatic carbocycles. The predicted octanol–water partition coefficient (Wildman–Crippen LogP) is -3.93. The van der Waals surface area contributed by atoms with E-state index in [1.165, 1.54) is 0 Å². The van der Waals surface area contributed by atoms with E-state index in [0.29, 0.717) is 0 Å². The molecule has 0 fully saturated rings. The Morgan fingerprint density at radius 3 is 2.45 bits per heavy atom. The van der Waals surface area contributed by atoms with Crippen LogP contribution in [0.1, 0.15) is 0 Å². The Balaban J connectivity index is 0. The van der Waals surface area contributed by atoms with Gasteiger partial charge in [-0.05, 0) is 0 Å². The molecule has 0 bridgehead atoms. The van der Waals surface area contributed by atoms with Gasteiger partial charge in [0.05, 0.1) is 18.6 Å². The van der Waals surface area contributed by atoms with Crippen molar-refractivity contribution in [2.45, 2.75) is 6.10 Å². The third-order valence-corrected chi connectivity index (χ3v) is 1.44. The Morgan fingerprint density at radius 2 is 2.18 bits per heavy atom. The second-order valence-electron chi connectivity index (χ2n) is 1.57. The number of phosphoric ester groups is 1. The van der Waals surface area contributed by atoms with E-state index in [9.17, 15) is 9.46 Å². The molecule has 0 amide bonds. The minimum Gasteiger partial charge on any atom is -0.756 e. The van der Waals surface area contributed by atoms with E-state index in [-0.39, 0.29) is 35.4 Å². The molecular formula is C3H7ClNaO5P. The van der Waals surface area contributed by atoms with Crippen molar-refractivity contribution in [3.63, 3.8) is 0 Å². The molecule has 0 rings (SSSR count). The van der Waals surface area contributed by atoms with Gasteiger partial charge in [-0.2, -0.15) is 0 Å². The summed E-state index contributed by atoms with van der Waals surface area (Å²) in [6.07, 6.45) is -1.07. The van der Waals surface area contributed by atoms with Gasteiger partial charge in [0, 0.05) is 0 Å². The maximum Gasteiger partial charge on any atom is 1.00 e. The topological polar surface area (TPSA) is 89.8 Å². The molecule has 0 saturated carbocycles. The molecule has 0 aliphatic carbocycles. The Labute approximate surface area is 91.2 Å². The zero-order valence-corrected chi connectivity index (χ0v) is 9.59. The van der Waals surface area contributed by atoms with Gasteiger partial charge in [-0.3, -0.25) is 4.57 Å². The van der Waals surface area contributed by atoms with Gasteiger partial charge in [0.25, 0.3) is 7.82 Å². The first-order valence-electron chi connectivity index (χ1n) is 2.38. The van der Waals surface area contributed by atoms with Gasteiger partial charge in [-0.15, -0.1) is 11.6 Å². The molecule has 0 aromatic rings. The largest absolute Gasteiger partial charge is 1.00 e. The maximum absolute atomic E-state index is 9.86. The number of halogens is 1. The van der Waals surface area contributed by atoms with E-state index < -0.39 is 20.5 Å². The second kappa shape index (κ2) is 6.83. The van der Waals surface area contributed by atoms with Crippen LogP contribution in [0.15, 0.2) is 0 Å². The van der Waals surface area contributed by atoms with Crippen LogP contribution in [0.3, 0.4) is 0 Å². The average molecular weight is 213 g/mol. The molecule has 0 spiro atoms. The fourth-order valence-electron chi connectivity index (χ4n) is 0.225. The van der Waals surface area contributed by atoms with Crippen LogP contribution < -0.4 is 34.5 Å². The molecular weight excluding hydrogens is 205 g/mol. The fraction of sp³-hybridized carbons (Fsp3) is 1.00. The Hall–Kier alpha value is 1.36. The van der Waals surface area contributed by atoms with Crippen molar-refractivity contribution < 1.29 is 53.5 Å². The number of alkyl halides is 1. The summed E-state index contributed by atoms with van der Waals surface area (Å²) < 4.78 is 13.7. The first-order chi connectivity index (χ1) is 4.45. The number of aliphatic hydroxyl groups is 1. The number of phosphoric acid groups is 1. The van der Waals surface area contributed by atoms with Gasteiger partial charge in [0.2, 0.25) is 0 Å². The van der Waals surface area contributed by atoms with Crippen LogP contribution in [-0.2, 0) is 9.09 Å². The number of hydrogen-bond acceptors (Lipinski definition) is 4. The van der Waals surface area contributed by atoms with Crippen molar-refractivity contribution in [3.05, 3.63) is 0 Å². The Kier molecular flexibility index (Phi) is 9.23. The summed E-state index contributed by atoms with van der Waals surface area (Å²) in [4.78, 5) is 17.8. The van der Waals surface area contributed by atoms with Crippen molar-refractivity contribution in [2.75, 3.05) is 12.5 Å². The minimum absolute atomic E-state index is 0. The van der Waals surface area contributed by atoms with Crippen LogP contribution >= 0.6 is 19.4 Å². The summed E-state index contributed by atoms with van der Waals surface area (Å²) in [7, 11) is -4.70. The first-order valence-corrected chi connectivity index (χ1v) is 4.41. The van der Waals surface area contributed by atoms with Gasteiger partial charge in [-0.1, -0.05) is 0 Å². The normalized spacial score (nSPS) is 18.2. The van der Waals surface area contributed by atoms with Crippen LogP contribution in [0, 0.1) is 0 Å². The van der Waals surface area contributed by atoms with Gasteiger partial charge in [0.1, 0.15) is 0 Å². The fourth-order valence-corrected chi connectivity index (χ4v) is 0.674. The van der Waals surface area contributed by atoms with Crippen LogP contribution in [0.4, 0.5) is 0 Å². The zero-order valence-electron chi connectivity index (χ0n) is 5.94. The molecule has 0 aliphatic heterocycles. The Bertz CT molecular complexity index is 138. The number of aliphatic hydroxyl groups excluding tert-OH is 1. The van der Waals surface area contributed by atoms with Crippen LogP contribution in [-0.4, -0.2) is 28.6 Å². The molecule has 8 heteroatoms. The minimum atomic E-state index is -4.70. The molecule has 2 atom stereocenters. The SMILES string of the molecule is O=P([O-])(O)OCC(O)CCl.[Na+]. The first kappa shape index (κ1) is 14.9. The van der Waals surface area contributed by atoms with Crippen molar-refractivity contribution in [1.82, 2.24) is 0 Å². The Morgan fingerprint density at radius 1 is 1.73 bits per heavy atom. The third-order valence-electron chi connectivity index (χ3n) is 0.608. The van der Waals surface area contributed by atoms with Gasteiger partial charge >= 0.3 is 29.6 Å². The molecule has 2 unspecified atom stereocenters.